The second kappa shape index (κ2) is 6.73. The molecule has 106 valence electrons. The third-order valence-electron chi connectivity index (χ3n) is 2.71. The molecule has 5 nitrogen and oxygen atoms in total. The van der Waals surface area contributed by atoms with Crippen LogP contribution in [-0.2, 0) is 0 Å². The maximum Gasteiger partial charge on any atom is 0.257 e. The minimum absolute atomic E-state index is 0.269. The van der Waals surface area contributed by atoms with Crippen molar-refractivity contribution in [3.8, 4) is 6.07 Å². The Labute approximate surface area is 127 Å². The summed E-state index contributed by atoms with van der Waals surface area (Å²) in [5.74, 6) is 0.231. The number of anilines is 2. The highest BCUT2D eigenvalue weighted by molar-refractivity contribution is 6.34. The number of halogens is 1. The van der Waals surface area contributed by atoms with Crippen LogP contribution in [0.3, 0.4) is 0 Å². The van der Waals surface area contributed by atoms with Crippen molar-refractivity contribution in [2.24, 2.45) is 0 Å². The lowest BCUT2D eigenvalue weighted by molar-refractivity contribution is 0.102. The largest absolute Gasteiger partial charge is 0.370 e. The zero-order valence-electron chi connectivity index (χ0n) is 11.4. The van der Waals surface area contributed by atoms with Gasteiger partial charge in [0.15, 0.2) is 0 Å². The Balaban J connectivity index is 2.23. The molecule has 0 atom stereocenters. The van der Waals surface area contributed by atoms with Gasteiger partial charge in [0.25, 0.3) is 5.91 Å². The summed E-state index contributed by atoms with van der Waals surface area (Å²) in [7, 11) is 0. The van der Waals surface area contributed by atoms with Crippen LogP contribution in [0.4, 0.5) is 11.5 Å². The minimum Gasteiger partial charge on any atom is -0.370 e. The molecule has 21 heavy (non-hydrogen) atoms. The molecule has 1 heterocycles. The van der Waals surface area contributed by atoms with Gasteiger partial charge in [0, 0.05) is 18.4 Å². The monoisotopic (exact) mass is 300 g/mol. The average Bonchev–Trinajstić information content (AvgIpc) is 2.49. The molecule has 0 aliphatic rings. The highest BCUT2D eigenvalue weighted by Crippen LogP contribution is 2.20. The van der Waals surface area contributed by atoms with Crippen molar-refractivity contribution in [3.05, 3.63) is 52.7 Å². The number of nitriles is 1. The standard InChI is InChI=1S/C15H13ClN4O/c1-2-18-14-7-12(13(16)9-19-14)15(21)20-11-5-3-4-10(6-11)8-17/h3-7,9H,2H2,1H3,(H,18,19)(H,20,21). The Morgan fingerprint density at radius 2 is 2.24 bits per heavy atom. The predicted octanol–water partition coefficient (Wildman–Crippen LogP) is 3.29. The quantitative estimate of drug-likeness (QED) is 0.908. The number of nitrogens with one attached hydrogen (secondary N) is 2. The van der Waals surface area contributed by atoms with Gasteiger partial charge in [0.05, 0.1) is 22.2 Å². The zero-order valence-corrected chi connectivity index (χ0v) is 12.1. The van der Waals surface area contributed by atoms with Gasteiger partial charge in [0.2, 0.25) is 0 Å². The van der Waals surface area contributed by atoms with Gasteiger partial charge in [-0.2, -0.15) is 5.26 Å². The Morgan fingerprint density at radius 3 is 2.95 bits per heavy atom. The Bertz CT molecular complexity index is 709. The van der Waals surface area contributed by atoms with Crippen molar-refractivity contribution in [2.75, 3.05) is 17.2 Å². The maximum absolute atomic E-state index is 12.3. The average molecular weight is 301 g/mol. The van der Waals surface area contributed by atoms with Crippen molar-refractivity contribution < 1.29 is 4.79 Å². The summed E-state index contributed by atoms with van der Waals surface area (Å²) in [5, 5.41) is 14.9. The molecule has 0 fully saturated rings. The summed E-state index contributed by atoms with van der Waals surface area (Å²) in [5.41, 5.74) is 1.34. The molecule has 0 bridgehead atoms. The van der Waals surface area contributed by atoms with Gasteiger partial charge < -0.3 is 10.6 Å². The number of rotatable bonds is 4. The summed E-state index contributed by atoms with van der Waals surface area (Å²) < 4.78 is 0. The lowest BCUT2D eigenvalue weighted by atomic mass is 10.2. The fourth-order valence-corrected chi connectivity index (χ4v) is 1.94. The topological polar surface area (TPSA) is 77.8 Å². The smallest absolute Gasteiger partial charge is 0.257 e. The molecule has 2 N–H and O–H groups in total. The van der Waals surface area contributed by atoms with Crippen LogP contribution in [0.2, 0.25) is 5.02 Å². The molecular formula is C15H13ClN4O. The van der Waals surface area contributed by atoms with E-state index in [1.807, 2.05) is 13.0 Å². The van der Waals surface area contributed by atoms with E-state index in [9.17, 15) is 4.79 Å². The number of aromatic nitrogens is 1. The molecular weight excluding hydrogens is 288 g/mol. The zero-order chi connectivity index (χ0) is 15.2. The van der Waals surface area contributed by atoms with E-state index >= 15 is 0 Å². The van der Waals surface area contributed by atoms with Gasteiger partial charge in [-0.25, -0.2) is 4.98 Å². The van der Waals surface area contributed by atoms with E-state index in [0.717, 1.165) is 0 Å². The van der Waals surface area contributed by atoms with Crippen molar-refractivity contribution in [1.29, 1.82) is 5.26 Å². The molecule has 1 aromatic heterocycles. The summed E-state index contributed by atoms with van der Waals surface area (Å²) in [4.78, 5) is 16.3. The summed E-state index contributed by atoms with van der Waals surface area (Å²) >= 11 is 6.01. The van der Waals surface area contributed by atoms with Crippen LogP contribution in [-0.4, -0.2) is 17.4 Å². The third-order valence-corrected chi connectivity index (χ3v) is 3.01. The van der Waals surface area contributed by atoms with Crippen LogP contribution >= 0.6 is 11.6 Å². The first kappa shape index (κ1) is 14.8. The first-order valence-corrected chi connectivity index (χ1v) is 6.72. The van der Waals surface area contributed by atoms with Crippen LogP contribution in [0.15, 0.2) is 36.5 Å². The summed E-state index contributed by atoms with van der Waals surface area (Å²) in [6.07, 6.45) is 1.43. The molecule has 0 aliphatic carbocycles. The van der Waals surface area contributed by atoms with Gasteiger partial charge in [-0.3, -0.25) is 4.79 Å². The van der Waals surface area contributed by atoms with E-state index in [4.69, 9.17) is 16.9 Å². The second-order valence-electron chi connectivity index (χ2n) is 4.23. The lowest BCUT2D eigenvalue weighted by Gasteiger charge is -2.09. The number of pyridine rings is 1. The number of carbonyl (C=O) groups excluding carboxylic acids is 1. The van der Waals surface area contributed by atoms with Gasteiger partial charge in [-0.15, -0.1) is 0 Å². The molecule has 2 aromatic rings. The van der Waals surface area contributed by atoms with Gasteiger partial charge in [0.1, 0.15) is 5.82 Å². The number of benzene rings is 1. The van der Waals surface area contributed by atoms with E-state index < -0.39 is 0 Å². The molecule has 1 aromatic carbocycles. The molecule has 6 heteroatoms. The van der Waals surface area contributed by atoms with Crippen molar-refractivity contribution in [3.63, 3.8) is 0 Å². The third kappa shape index (κ3) is 3.71. The number of hydrogen-bond acceptors (Lipinski definition) is 4. The predicted molar refractivity (Wildman–Crippen MR) is 82.5 cm³/mol. The van der Waals surface area contributed by atoms with Crippen molar-refractivity contribution in [1.82, 2.24) is 4.98 Å². The van der Waals surface area contributed by atoms with Crippen LogP contribution in [0.5, 0.6) is 0 Å². The minimum atomic E-state index is -0.350. The maximum atomic E-state index is 12.3. The van der Waals surface area contributed by atoms with Gasteiger partial charge in [-0.1, -0.05) is 17.7 Å². The number of carbonyl (C=O) groups is 1. The number of nitrogens with zero attached hydrogens (tertiary/aromatic N) is 2. The molecule has 0 radical (unpaired) electrons. The highest BCUT2D eigenvalue weighted by Gasteiger charge is 2.12. The van der Waals surface area contributed by atoms with E-state index in [0.29, 0.717) is 29.2 Å². The van der Waals surface area contributed by atoms with Crippen molar-refractivity contribution in [2.45, 2.75) is 6.92 Å². The van der Waals surface area contributed by atoms with E-state index in [1.165, 1.54) is 6.20 Å². The normalized spacial score (nSPS) is 9.76. The van der Waals surface area contributed by atoms with Crippen LogP contribution in [0.1, 0.15) is 22.8 Å². The Hall–Kier alpha value is -2.58. The molecule has 0 spiro atoms. The van der Waals surface area contributed by atoms with Gasteiger partial charge >= 0.3 is 0 Å². The summed E-state index contributed by atoms with van der Waals surface area (Å²) in [6, 6.07) is 10.3. The van der Waals surface area contributed by atoms with Crippen LogP contribution in [0.25, 0.3) is 0 Å². The SMILES string of the molecule is CCNc1cc(C(=O)Nc2cccc(C#N)c2)c(Cl)cn1. The molecule has 2 rings (SSSR count). The summed E-state index contributed by atoms with van der Waals surface area (Å²) in [6.45, 7) is 2.63. The molecule has 0 saturated carbocycles. The molecule has 1 amide bonds. The van der Waals surface area contributed by atoms with Crippen LogP contribution in [0, 0.1) is 11.3 Å². The lowest BCUT2D eigenvalue weighted by Crippen LogP contribution is -2.13. The molecule has 0 saturated heterocycles. The first-order valence-electron chi connectivity index (χ1n) is 6.35. The highest BCUT2D eigenvalue weighted by atomic mass is 35.5. The van der Waals surface area contributed by atoms with Crippen LogP contribution < -0.4 is 10.6 Å². The fraction of sp³-hybridized carbons (Fsp3) is 0.133. The van der Waals surface area contributed by atoms with E-state index in [2.05, 4.69) is 15.6 Å². The van der Waals surface area contributed by atoms with E-state index in [-0.39, 0.29) is 10.9 Å². The number of hydrogen-bond donors (Lipinski definition) is 2. The van der Waals surface area contributed by atoms with E-state index in [1.54, 1.807) is 30.3 Å². The second-order valence-corrected chi connectivity index (χ2v) is 4.63. The fourth-order valence-electron chi connectivity index (χ4n) is 1.76. The Kier molecular flexibility index (Phi) is 4.75. The van der Waals surface area contributed by atoms with Gasteiger partial charge in [-0.05, 0) is 31.2 Å². The number of amides is 1. The first-order chi connectivity index (χ1) is 10.1. The Morgan fingerprint density at radius 1 is 1.43 bits per heavy atom. The molecule has 0 unspecified atom stereocenters. The molecule has 0 aliphatic heterocycles. The van der Waals surface area contributed by atoms with Crippen molar-refractivity contribution >= 4 is 29.0 Å².